The lowest BCUT2D eigenvalue weighted by Crippen LogP contribution is -2.21. The molecule has 0 fully saturated rings. The van der Waals surface area contributed by atoms with Crippen molar-refractivity contribution in [2.75, 3.05) is 13.2 Å². The van der Waals surface area contributed by atoms with Crippen molar-refractivity contribution in [2.45, 2.75) is 201 Å². The zero-order valence-corrected chi connectivity index (χ0v) is 31.4. The van der Waals surface area contributed by atoms with Crippen LogP contribution in [0, 0.1) is 0 Å². The third-order valence-electron chi connectivity index (χ3n) is 8.68. The summed E-state index contributed by atoms with van der Waals surface area (Å²) in [6.07, 6.45) is 25.4. The van der Waals surface area contributed by atoms with Gasteiger partial charge in [0.15, 0.2) is 0 Å². The molecule has 258 valence electrons. The molecule has 5 heteroatoms. The summed E-state index contributed by atoms with van der Waals surface area (Å²) < 4.78 is 25.3. The van der Waals surface area contributed by atoms with Gasteiger partial charge >= 0.3 is 7.60 Å². The molecule has 0 aliphatic heterocycles. The summed E-state index contributed by atoms with van der Waals surface area (Å²) in [6.45, 7) is 18.8. The molecule has 44 heavy (non-hydrogen) atoms. The average molecular weight is 637 g/mol. The largest absolute Gasteiger partial charge is 0.493 e. The summed E-state index contributed by atoms with van der Waals surface area (Å²) in [6, 6.07) is 4.19. The summed E-state index contributed by atoms with van der Waals surface area (Å²) in [5.41, 5.74) is 2.78. The van der Waals surface area contributed by atoms with Gasteiger partial charge in [0, 0.05) is 11.1 Å². The molecule has 0 saturated heterocycles. The Balaban J connectivity index is 2.68. The minimum Gasteiger partial charge on any atom is -0.493 e. The number of unbranched alkanes of at least 4 members (excludes halogenated alkanes) is 18. The van der Waals surface area contributed by atoms with Gasteiger partial charge in [-0.2, -0.15) is 0 Å². The Morgan fingerprint density at radius 2 is 0.909 bits per heavy atom. The van der Waals surface area contributed by atoms with Crippen molar-refractivity contribution in [1.29, 1.82) is 0 Å². The molecular weight excluding hydrogens is 563 g/mol. The van der Waals surface area contributed by atoms with E-state index in [0.29, 0.717) is 13.2 Å². The monoisotopic (exact) mass is 637 g/mol. The van der Waals surface area contributed by atoms with Gasteiger partial charge in [-0.25, -0.2) is 0 Å². The van der Waals surface area contributed by atoms with E-state index in [4.69, 9.17) is 9.26 Å². The quantitative estimate of drug-likeness (QED) is 0.0812. The van der Waals surface area contributed by atoms with E-state index in [1.165, 1.54) is 109 Å². The molecule has 4 nitrogen and oxygen atoms in total. The van der Waals surface area contributed by atoms with Crippen LogP contribution in [0.5, 0.6) is 5.75 Å². The first-order valence-electron chi connectivity index (χ1n) is 18.6. The third kappa shape index (κ3) is 19.0. The van der Waals surface area contributed by atoms with E-state index in [0.717, 1.165) is 41.7 Å². The zero-order chi connectivity index (χ0) is 32.9. The molecule has 0 bridgehead atoms. The van der Waals surface area contributed by atoms with Gasteiger partial charge in [-0.15, -0.1) is 0 Å². The number of hydrogen-bond acceptors (Lipinski definition) is 3. The second kappa shape index (κ2) is 22.7. The van der Waals surface area contributed by atoms with Crippen LogP contribution in [0.2, 0.25) is 0 Å². The number of ether oxygens (including phenoxy) is 1. The molecule has 0 aromatic heterocycles. The van der Waals surface area contributed by atoms with Crippen LogP contribution in [0.1, 0.15) is 200 Å². The average Bonchev–Trinajstić information content (AvgIpc) is 2.93. The Bertz CT molecular complexity index is 877. The molecule has 0 heterocycles. The summed E-state index contributed by atoms with van der Waals surface area (Å²) in [7, 11) is -3.74. The first-order chi connectivity index (χ1) is 20.8. The fraction of sp³-hybridized carbons (Fsp3) is 0.846. The molecule has 0 aliphatic carbocycles. The van der Waals surface area contributed by atoms with Crippen LogP contribution in [0.15, 0.2) is 12.1 Å². The van der Waals surface area contributed by atoms with E-state index in [1.54, 1.807) is 0 Å². The highest BCUT2D eigenvalue weighted by Crippen LogP contribution is 2.48. The molecule has 0 aliphatic rings. The van der Waals surface area contributed by atoms with E-state index in [-0.39, 0.29) is 17.0 Å². The van der Waals surface area contributed by atoms with E-state index in [9.17, 15) is 9.46 Å². The molecule has 1 rings (SSSR count). The van der Waals surface area contributed by atoms with Gasteiger partial charge in [0.05, 0.1) is 19.4 Å². The Morgan fingerprint density at radius 3 is 1.27 bits per heavy atom. The molecular formula is C39H73O4P. The molecule has 0 amide bonds. The molecule has 1 N–H and O–H groups in total. The van der Waals surface area contributed by atoms with Crippen LogP contribution in [0.25, 0.3) is 0 Å². The molecule has 0 spiro atoms. The smallest absolute Gasteiger partial charge is 0.332 e. The molecule has 0 radical (unpaired) electrons. The van der Waals surface area contributed by atoms with Crippen LogP contribution in [-0.2, 0) is 26.1 Å². The van der Waals surface area contributed by atoms with Crippen LogP contribution >= 0.6 is 7.60 Å². The number of rotatable bonds is 26. The Kier molecular flexibility index (Phi) is 21.2. The number of benzene rings is 1. The predicted octanol–water partition coefficient (Wildman–Crippen LogP) is 13.2. The van der Waals surface area contributed by atoms with Crippen LogP contribution in [0.4, 0.5) is 0 Å². The van der Waals surface area contributed by atoms with Crippen molar-refractivity contribution < 1.29 is 18.7 Å². The minimum atomic E-state index is -3.74. The Hall–Kier alpha value is -0.830. The summed E-state index contributed by atoms with van der Waals surface area (Å²) in [4.78, 5) is 10.8. The van der Waals surface area contributed by atoms with Gasteiger partial charge < -0.3 is 14.2 Å². The third-order valence-corrected chi connectivity index (χ3v) is 10.0. The Morgan fingerprint density at radius 1 is 0.568 bits per heavy atom. The fourth-order valence-corrected chi connectivity index (χ4v) is 7.04. The summed E-state index contributed by atoms with van der Waals surface area (Å²) in [5.74, 6) is 0.962. The van der Waals surface area contributed by atoms with E-state index >= 15 is 0 Å². The van der Waals surface area contributed by atoms with E-state index in [1.807, 2.05) is 0 Å². The van der Waals surface area contributed by atoms with Gasteiger partial charge in [0.1, 0.15) is 5.75 Å². The first-order valence-corrected chi connectivity index (χ1v) is 20.3. The SMILES string of the molecule is CCCCCCCCCCCCOc1c(C(C)(C)C)cc(CP(=O)(O)OCCCCCCCCCCCC)cc1C(C)(C)C. The Labute approximate surface area is 274 Å². The van der Waals surface area contributed by atoms with Gasteiger partial charge in [-0.1, -0.05) is 183 Å². The van der Waals surface area contributed by atoms with Crippen molar-refractivity contribution in [3.63, 3.8) is 0 Å². The maximum absolute atomic E-state index is 13.1. The first kappa shape index (κ1) is 41.2. The van der Waals surface area contributed by atoms with Crippen LogP contribution in [-0.4, -0.2) is 18.1 Å². The van der Waals surface area contributed by atoms with Gasteiger partial charge in [0.25, 0.3) is 0 Å². The molecule has 0 saturated carbocycles. The van der Waals surface area contributed by atoms with Crippen molar-refractivity contribution in [3.05, 3.63) is 28.8 Å². The zero-order valence-electron chi connectivity index (χ0n) is 30.5. The maximum Gasteiger partial charge on any atom is 0.332 e. The highest BCUT2D eigenvalue weighted by Gasteiger charge is 2.30. The highest BCUT2D eigenvalue weighted by molar-refractivity contribution is 7.51. The summed E-state index contributed by atoms with van der Waals surface area (Å²) in [5, 5.41) is 0. The lowest BCUT2D eigenvalue weighted by molar-refractivity contribution is 0.251. The fourth-order valence-electron chi connectivity index (χ4n) is 5.89. The lowest BCUT2D eigenvalue weighted by Gasteiger charge is -2.31. The van der Waals surface area contributed by atoms with Crippen molar-refractivity contribution >= 4 is 7.60 Å². The second-order valence-electron chi connectivity index (χ2n) is 15.4. The normalized spacial score (nSPS) is 13.8. The van der Waals surface area contributed by atoms with Crippen LogP contribution in [0.3, 0.4) is 0 Å². The van der Waals surface area contributed by atoms with Gasteiger partial charge in [-0.3, -0.25) is 4.57 Å². The van der Waals surface area contributed by atoms with Gasteiger partial charge in [-0.05, 0) is 29.2 Å². The van der Waals surface area contributed by atoms with Crippen molar-refractivity contribution in [3.8, 4) is 5.75 Å². The van der Waals surface area contributed by atoms with Crippen LogP contribution < -0.4 is 4.74 Å². The standard InChI is InChI=1S/C39H73O4P/c1-9-11-13-15-17-19-21-23-25-27-29-42-37-35(38(3,4)5)31-34(32-36(37)39(6,7)8)33-44(40,41)43-30-28-26-24-22-20-18-16-14-12-10-2/h31-32H,9-30,33H2,1-8H3,(H,40,41). The van der Waals surface area contributed by atoms with Gasteiger partial charge in [0.2, 0.25) is 0 Å². The van der Waals surface area contributed by atoms with E-state index in [2.05, 4.69) is 67.5 Å². The minimum absolute atomic E-state index is 0.0373. The van der Waals surface area contributed by atoms with Crippen molar-refractivity contribution in [1.82, 2.24) is 0 Å². The lowest BCUT2D eigenvalue weighted by atomic mass is 9.78. The molecule has 1 aromatic rings. The summed E-state index contributed by atoms with van der Waals surface area (Å²) >= 11 is 0. The maximum atomic E-state index is 13.1. The predicted molar refractivity (Wildman–Crippen MR) is 193 cm³/mol. The second-order valence-corrected chi connectivity index (χ2v) is 17.2. The molecule has 1 unspecified atom stereocenters. The topological polar surface area (TPSA) is 55.8 Å². The molecule has 1 atom stereocenters. The van der Waals surface area contributed by atoms with Crippen molar-refractivity contribution in [2.24, 2.45) is 0 Å². The van der Waals surface area contributed by atoms with E-state index < -0.39 is 7.60 Å². The number of hydrogen-bond donors (Lipinski definition) is 1. The molecule has 1 aromatic carbocycles. The highest BCUT2D eigenvalue weighted by atomic mass is 31.2.